The van der Waals surface area contributed by atoms with Crippen LogP contribution in [-0.4, -0.2) is 57.3 Å². The summed E-state index contributed by atoms with van der Waals surface area (Å²) < 4.78 is 10.2. The highest BCUT2D eigenvalue weighted by molar-refractivity contribution is 5.72. The number of hydrogen-bond acceptors (Lipinski definition) is 11. The highest BCUT2D eigenvalue weighted by Crippen LogP contribution is 2.27. The minimum atomic E-state index is -0.661. The average Bonchev–Trinajstić information content (AvgIpc) is 3.21. The number of rotatable bonds is 6. The fourth-order valence-corrected chi connectivity index (χ4v) is 3.37. The molecule has 0 amide bonds. The van der Waals surface area contributed by atoms with Crippen molar-refractivity contribution in [2.75, 3.05) is 31.1 Å². The van der Waals surface area contributed by atoms with Gasteiger partial charge in [-0.15, -0.1) is 0 Å². The van der Waals surface area contributed by atoms with Crippen LogP contribution >= 0.6 is 0 Å². The molecule has 0 bridgehead atoms. The molecule has 0 spiro atoms. The molecule has 0 unspecified atom stereocenters. The summed E-state index contributed by atoms with van der Waals surface area (Å²) >= 11 is 0. The number of fused-ring (bicyclic) bond motifs is 1. The molecule has 12 nitrogen and oxygen atoms in total. The molecule has 0 radical (unpaired) electrons. The van der Waals surface area contributed by atoms with Gasteiger partial charge in [-0.1, -0.05) is 5.16 Å². The van der Waals surface area contributed by atoms with Crippen molar-refractivity contribution < 1.29 is 23.8 Å². The van der Waals surface area contributed by atoms with Crippen LogP contribution in [0, 0.1) is 16.0 Å². The Kier molecular flexibility index (Phi) is 5.46. The largest absolute Gasteiger partial charge is 0.474 e. The monoisotopic (exact) mass is 416 g/mol. The molecule has 0 N–H and O–H groups in total. The first-order chi connectivity index (χ1) is 14.5. The summed E-state index contributed by atoms with van der Waals surface area (Å²) in [6.45, 7) is 3.52. The van der Waals surface area contributed by atoms with Gasteiger partial charge in [0.25, 0.3) is 0 Å². The quantitative estimate of drug-likeness (QED) is 0.357. The number of piperidine rings is 1. The van der Waals surface area contributed by atoms with Crippen molar-refractivity contribution in [1.82, 2.24) is 20.2 Å². The number of carbonyl (C=O) groups excluding carboxylic acids is 1. The third-order valence-electron chi connectivity index (χ3n) is 4.86. The standard InChI is InChI=1S/C18H20N6O6/c1-2-28-17(25)12-3-6-22(7-4-12)15-9-16(21-18(20-15)24(26)27)30-23-8-5-14-13(11-23)10-19-29-14/h5,9-12H,2-4,6-8H2,1H3. The molecule has 0 aromatic carbocycles. The van der Waals surface area contributed by atoms with Gasteiger partial charge in [0.2, 0.25) is 5.82 Å². The van der Waals surface area contributed by atoms with Gasteiger partial charge in [-0.3, -0.25) is 4.79 Å². The van der Waals surface area contributed by atoms with E-state index in [1.165, 1.54) is 5.06 Å². The molecule has 0 aliphatic carbocycles. The second-order valence-corrected chi connectivity index (χ2v) is 6.80. The number of aromatic nitrogens is 3. The molecule has 4 rings (SSSR count). The van der Waals surface area contributed by atoms with Gasteiger partial charge in [0.1, 0.15) is 0 Å². The van der Waals surface area contributed by atoms with Crippen molar-refractivity contribution in [3.05, 3.63) is 33.0 Å². The number of esters is 1. The molecule has 4 heterocycles. The van der Waals surface area contributed by atoms with Crippen LogP contribution in [0.1, 0.15) is 19.8 Å². The molecule has 2 aliphatic heterocycles. The van der Waals surface area contributed by atoms with Crippen molar-refractivity contribution in [1.29, 1.82) is 0 Å². The molecule has 158 valence electrons. The Bertz CT molecular complexity index is 1060. The maximum atomic E-state index is 11.9. The van der Waals surface area contributed by atoms with E-state index in [-0.39, 0.29) is 17.8 Å². The van der Waals surface area contributed by atoms with E-state index in [0.29, 0.717) is 50.3 Å². The van der Waals surface area contributed by atoms with Crippen LogP contribution in [0.5, 0.6) is 5.88 Å². The number of nitrogens with zero attached hydrogens (tertiary/aromatic N) is 6. The summed E-state index contributed by atoms with van der Waals surface area (Å²) in [5.74, 6) is -0.518. The molecular formula is C18H20N6O6. The fourth-order valence-electron chi connectivity index (χ4n) is 3.37. The van der Waals surface area contributed by atoms with E-state index in [9.17, 15) is 14.9 Å². The van der Waals surface area contributed by atoms with E-state index >= 15 is 0 Å². The zero-order valence-electron chi connectivity index (χ0n) is 16.3. The lowest BCUT2D eigenvalue weighted by Crippen LogP contribution is -2.37. The molecule has 1 saturated heterocycles. The Labute approximate surface area is 170 Å². The van der Waals surface area contributed by atoms with Crippen molar-refractivity contribution in [3.8, 4) is 5.88 Å². The fraction of sp³-hybridized carbons (Fsp3) is 0.444. The molecular weight excluding hydrogens is 396 g/mol. The van der Waals surface area contributed by atoms with Gasteiger partial charge >= 0.3 is 17.8 Å². The normalized spacial score (nSPS) is 16.3. The summed E-state index contributed by atoms with van der Waals surface area (Å²) in [5.41, 5.74) is 0.633. The number of hydrogen-bond donors (Lipinski definition) is 0. The lowest BCUT2D eigenvalue weighted by atomic mass is 9.97. The summed E-state index contributed by atoms with van der Waals surface area (Å²) in [5, 5.41) is 17.2. The van der Waals surface area contributed by atoms with Crippen LogP contribution in [-0.2, 0) is 9.53 Å². The van der Waals surface area contributed by atoms with E-state index in [4.69, 9.17) is 14.1 Å². The van der Waals surface area contributed by atoms with E-state index in [1.54, 1.807) is 31.5 Å². The zero-order chi connectivity index (χ0) is 21.1. The molecule has 0 atom stereocenters. The minimum absolute atomic E-state index is 0.0452. The van der Waals surface area contributed by atoms with Gasteiger partial charge < -0.3 is 29.1 Å². The lowest BCUT2D eigenvalue weighted by Gasteiger charge is -2.30. The highest BCUT2D eigenvalue weighted by atomic mass is 16.7. The highest BCUT2D eigenvalue weighted by Gasteiger charge is 2.29. The Hall–Kier alpha value is -3.70. The average molecular weight is 416 g/mol. The number of hydroxylamine groups is 2. The second-order valence-electron chi connectivity index (χ2n) is 6.80. The van der Waals surface area contributed by atoms with Gasteiger partial charge in [-0.05, 0) is 40.7 Å². The smallest absolute Gasteiger partial charge is 0.466 e. The maximum absolute atomic E-state index is 11.9. The third-order valence-corrected chi connectivity index (χ3v) is 4.86. The summed E-state index contributed by atoms with van der Waals surface area (Å²) in [4.78, 5) is 38.1. The molecule has 1 fully saturated rings. The number of nitro groups is 1. The number of carbonyl (C=O) groups is 1. The predicted molar refractivity (Wildman–Crippen MR) is 102 cm³/mol. The Morgan fingerprint density at radius 2 is 2.17 bits per heavy atom. The predicted octanol–water partition coefficient (Wildman–Crippen LogP) is -0.0196. The van der Waals surface area contributed by atoms with Crippen LogP contribution in [0.15, 0.2) is 16.8 Å². The summed E-state index contributed by atoms with van der Waals surface area (Å²) in [6.07, 6.45) is 6.15. The van der Waals surface area contributed by atoms with Crippen molar-refractivity contribution >= 4 is 30.0 Å². The minimum Gasteiger partial charge on any atom is -0.466 e. The van der Waals surface area contributed by atoms with Gasteiger partial charge in [-0.25, -0.2) is 5.06 Å². The molecule has 2 aromatic rings. The Morgan fingerprint density at radius 1 is 1.37 bits per heavy atom. The number of ether oxygens (including phenoxy) is 1. The lowest BCUT2D eigenvalue weighted by molar-refractivity contribution is -0.394. The van der Waals surface area contributed by atoms with Crippen molar-refractivity contribution in [3.63, 3.8) is 0 Å². The molecule has 0 saturated carbocycles. The molecule has 2 aliphatic rings. The van der Waals surface area contributed by atoms with E-state index in [1.807, 2.05) is 4.90 Å². The van der Waals surface area contributed by atoms with Crippen LogP contribution in [0.25, 0.3) is 12.3 Å². The third kappa shape index (κ3) is 4.16. The maximum Gasteiger partial charge on any atom is 0.474 e. The van der Waals surface area contributed by atoms with Crippen molar-refractivity contribution in [2.45, 2.75) is 19.8 Å². The van der Waals surface area contributed by atoms with Crippen LogP contribution < -0.4 is 20.4 Å². The van der Waals surface area contributed by atoms with E-state index in [0.717, 1.165) is 5.22 Å². The zero-order valence-corrected chi connectivity index (χ0v) is 16.3. The van der Waals surface area contributed by atoms with Crippen LogP contribution in [0.4, 0.5) is 11.8 Å². The first-order valence-corrected chi connectivity index (χ1v) is 9.56. The summed E-state index contributed by atoms with van der Waals surface area (Å²) in [6, 6.07) is 1.55. The van der Waals surface area contributed by atoms with Crippen molar-refractivity contribution in [2.24, 2.45) is 5.92 Å². The number of anilines is 1. The Morgan fingerprint density at radius 3 is 2.90 bits per heavy atom. The first-order valence-electron chi connectivity index (χ1n) is 9.56. The van der Waals surface area contributed by atoms with Gasteiger partial charge in [-0.2, -0.15) is 0 Å². The molecule has 2 aromatic heterocycles. The molecule has 12 heteroatoms. The van der Waals surface area contributed by atoms with E-state index < -0.39 is 10.9 Å². The van der Waals surface area contributed by atoms with E-state index in [2.05, 4.69) is 15.1 Å². The Balaban J connectivity index is 1.51. The van der Waals surface area contributed by atoms with Crippen LogP contribution in [0.2, 0.25) is 0 Å². The van der Waals surface area contributed by atoms with Crippen LogP contribution in [0.3, 0.4) is 0 Å². The second kappa shape index (κ2) is 8.35. The molecule has 30 heavy (non-hydrogen) atoms. The summed E-state index contributed by atoms with van der Waals surface area (Å²) in [7, 11) is 0. The topological polar surface area (TPSA) is 137 Å². The van der Waals surface area contributed by atoms with Gasteiger partial charge in [0, 0.05) is 13.1 Å². The van der Waals surface area contributed by atoms with Gasteiger partial charge in [0.05, 0.1) is 42.8 Å². The van der Waals surface area contributed by atoms with Gasteiger partial charge in [0.15, 0.2) is 5.42 Å². The first kappa shape index (κ1) is 19.6. The SMILES string of the molecule is CCOC(=O)C1CCN(c2cc(ON3C=c4cnoc4=CC3)nc([N+](=O)[O-])n2)CC1.